The Morgan fingerprint density at radius 1 is 0.355 bits per heavy atom. The molecule has 0 aliphatic rings. The molecule has 0 amide bonds. The molecular formula is C18H9BiBr9O3. The molecule has 0 unspecified atom stereocenters. The quantitative estimate of drug-likeness (QED) is 0.197. The van der Waals surface area contributed by atoms with Gasteiger partial charge in [-0.2, -0.15) is 0 Å². The zero-order valence-corrected chi connectivity index (χ0v) is 32.4. The number of halogens is 9. The Morgan fingerprint density at radius 3 is 0.613 bits per heavy atom. The number of phenolic OH excluding ortho intramolecular Hbond substituents is 3. The summed E-state index contributed by atoms with van der Waals surface area (Å²) in [5.41, 5.74) is 0. The fourth-order valence-electron chi connectivity index (χ4n) is 1.60. The van der Waals surface area contributed by atoms with Gasteiger partial charge in [0, 0.05) is 39.6 Å². The molecule has 0 aliphatic heterocycles. The van der Waals surface area contributed by atoms with Crippen molar-refractivity contribution in [3.8, 4) is 17.2 Å². The predicted octanol–water partition coefficient (Wildman–Crippen LogP) is 10.7. The molecule has 0 spiro atoms. The molecule has 3 aromatic rings. The van der Waals surface area contributed by atoms with Crippen LogP contribution in [0.2, 0.25) is 0 Å². The fraction of sp³-hybridized carbons (Fsp3) is 0. The van der Waals surface area contributed by atoms with Gasteiger partial charge in [0.25, 0.3) is 0 Å². The first-order chi connectivity index (χ1) is 13.8. The molecule has 0 saturated heterocycles. The molecule has 3 N–H and O–H groups in total. The Hall–Kier alpha value is 2.26. The van der Waals surface area contributed by atoms with E-state index in [1.54, 1.807) is 36.4 Å². The van der Waals surface area contributed by atoms with Gasteiger partial charge in [-0.1, -0.05) is 47.8 Å². The van der Waals surface area contributed by atoms with Gasteiger partial charge >= 0.3 is 0 Å². The molecule has 0 aliphatic carbocycles. The normalized spacial score (nSPS) is 9.58. The summed E-state index contributed by atoms with van der Waals surface area (Å²) in [4.78, 5) is 0. The van der Waals surface area contributed by atoms with Crippen LogP contribution in [0.5, 0.6) is 17.2 Å². The molecular weight excluding hydrogens is 1190 g/mol. The third-order valence-electron chi connectivity index (χ3n) is 2.94. The van der Waals surface area contributed by atoms with Crippen LogP contribution in [0.4, 0.5) is 0 Å². The van der Waals surface area contributed by atoms with Crippen LogP contribution < -0.4 is 0 Å². The van der Waals surface area contributed by atoms with Gasteiger partial charge in [0.05, 0.1) is 26.8 Å². The summed E-state index contributed by atoms with van der Waals surface area (Å²) in [6.07, 6.45) is 0. The average Bonchev–Trinajstić information content (AvgIpc) is 2.63. The molecule has 31 heavy (non-hydrogen) atoms. The number of hydrogen-bond acceptors (Lipinski definition) is 3. The van der Waals surface area contributed by atoms with Gasteiger partial charge in [-0.3, -0.25) is 0 Å². The van der Waals surface area contributed by atoms with Crippen LogP contribution in [0.15, 0.2) is 76.7 Å². The summed E-state index contributed by atoms with van der Waals surface area (Å²) in [6.45, 7) is 0. The van der Waals surface area contributed by atoms with Crippen LogP contribution in [0.25, 0.3) is 0 Å². The van der Waals surface area contributed by atoms with Gasteiger partial charge in [0.15, 0.2) is 0 Å². The zero-order chi connectivity index (χ0) is 23.2. The van der Waals surface area contributed by atoms with Gasteiger partial charge in [-0.25, -0.2) is 0 Å². The number of rotatable bonds is 0. The smallest absolute Gasteiger partial charge is 0.144 e. The maximum absolute atomic E-state index is 9.22. The van der Waals surface area contributed by atoms with Crippen molar-refractivity contribution in [1.82, 2.24) is 0 Å². The molecule has 0 aromatic heterocycles. The van der Waals surface area contributed by atoms with E-state index in [4.69, 9.17) is 0 Å². The first-order valence-electron chi connectivity index (χ1n) is 7.34. The molecule has 3 aromatic carbocycles. The van der Waals surface area contributed by atoms with E-state index >= 15 is 0 Å². The molecule has 0 saturated carbocycles. The van der Waals surface area contributed by atoms with Gasteiger partial charge in [0.2, 0.25) is 0 Å². The van der Waals surface area contributed by atoms with Crippen LogP contribution in [0.1, 0.15) is 0 Å². The second-order valence-electron chi connectivity index (χ2n) is 5.15. The van der Waals surface area contributed by atoms with E-state index in [9.17, 15) is 15.3 Å². The average molecular weight is 1200 g/mol. The van der Waals surface area contributed by atoms with E-state index in [1.807, 2.05) is 0 Å². The summed E-state index contributed by atoms with van der Waals surface area (Å²) in [6, 6.07) is 10.7. The van der Waals surface area contributed by atoms with Crippen LogP contribution in [-0.4, -0.2) is 41.5 Å². The van der Waals surface area contributed by atoms with Crippen molar-refractivity contribution >= 4 is 170 Å². The van der Waals surface area contributed by atoms with Crippen LogP contribution >= 0.6 is 143 Å². The number of benzene rings is 3. The second kappa shape index (κ2) is 16.1. The van der Waals surface area contributed by atoms with E-state index in [2.05, 4.69) is 143 Å². The topological polar surface area (TPSA) is 60.7 Å². The molecule has 167 valence electrons. The minimum Gasteiger partial charge on any atom is -0.506 e. The third-order valence-corrected chi connectivity index (χ3v) is 7.95. The monoisotopic (exact) mass is 1190 g/mol. The Labute approximate surface area is 274 Å². The maximum atomic E-state index is 9.22. The number of phenols is 3. The summed E-state index contributed by atoms with van der Waals surface area (Å²) in [7, 11) is 0. The third kappa shape index (κ3) is 11.7. The Kier molecular flexibility index (Phi) is 17.3. The molecule has 0 bridgehead atoms. The van der Waals surface area contributed by atoms with Gasteiger partial charge in [-0.05, 0) is 132 Å². The minimum atomic E-state index is 0. The van der Waals surface area contributed by atoms with E-state index in [0.29, 0.717) is 26.8 Å². The van der Waals surface area contributed by atoms with E-state index < -0.39 is 0 Å². The van der Waals surface area contributed by atoms with Gasteiger partial charge in [-0.15, -0.1) is 0 Å². The number of hydrogen-bond donors (Lipinski definition) is 3. The fourth-order valence-corrected chi connectivity index (χ4v) is 8.38. The molecule has 0 atom stereocenters. The van der Waals surface area contributed by atoms with Crippen molar-refractivity contribution in [2.45, 2.75) is 0 Å². The second-order valence-corrected chi connectivity index (χ2v) is 13.0. The van der Waals surface area contributed by atoms with Crippen molar-refractivity contribution in [1.29, 1.82) is 0 Å². The largest absolute Gasteiger partial charge is 0.506 e. The summed E-state index contributed by atoms with van der Waals surface area (Å²) in [5.74, 6) is 0.676. The van der Waals surface area contributed by atoms with Crippen molar-refractivity contribution in [2.24, 2.45) is 0 Å². The van der Waals surface area contributed by atoms with Gasteiger partial charge in [0.1, 0.15) is 17.2 Å². The zero-order valence-electron chi connectivity index (χ0n) is 14.7. The molecule has 0 heterocycles. The molecule has 13 heteroatoms. The van der Waals surface area contributed by atoms with Crippen LogP contribution in [0.3, 0.4) is 0 Å². The van der Waals surface area contributed by atoms with Crippen molar-refractivity contribution in [3.05, 3.63) is 76.7 Å². The summed E-state index contributed by atoms with van der Waals surface area (Å²) < 4.78 is 6.81. The predicted molar refractivity (Wildman–Crippen MR) is 159 cm³/mol. The van der Waals surface area contributed by atoms with E-state index in [0.717, 1.165) is 13.4 Å². The Balaban J connectivity index is 0.000000429. The van der Waals surface area contributed by atoms with Crippen molar-refractivity contribution < 1.29 is 15.3 Å². The van der Waals surface area contributed by atoms with Crippen molar-refractivity contribution in [3.63, 3.8) is 0 Å². The molecule has 3 rings (SSSR count). The standard InChI is InChI=1S/3C6H3Br3O.Bi/c3*7-3-1-4(8)6(10)5(9)2-3;/h3*1-2,10H;. The molecule has 3 radical (unpaired) electrons. The molecule has 3 nitrogen and oxygen atoms in total. The van der Waals surface area contributed by atoms with Gasteiger partial charge < -0.3 is 15.3 Å². The SMILES string of the molecule is Oc1c(Br)cc(Br)cc1Br.Oc1c(Br)cc(Br)cc1Br.Oc1c(Br)cc(Br)cc1Br.[Bi]. The van der Waals surface area contributed by atoms with E-state index in [-0.39, 0.29) is 43.5 Å². The van der Waals surface area contributed by atoms with Crippen LogP contribution in [-0.2, 0) is 0 Å². The first-order valence-corrected chi connectivity index (χ1v) is 14.5. The maximum Gasteiger partial charge on any atom is 0.144 e. The van der Waals surface area contributed by atoms with Crippen LogP contribution in [0, 0.1) is 0 Å². The Bertz CT molecular complexity index is 847. The molecule has 0 fully saturated rings. The minimum absolute atomic E-state index is 0. The van der Waals surface area contributed by atoms with E-state index in [1.165, 1.54) is 0 Å². The summed E-state index contributed by atoms with van der Waals surface area (Å²) in [5, 5.41) is 27.6. The van der Waals surface area contributed by atoms with Crippen molar-refractivity contribution in [2.75, 3.05) is 0 Å². The Morgan fingerprint density at radius 2 is 0.484 bits per heavy atom. The summed E-state index contributed by atoms with van der Waals surface area (Å²) >= 11 is 28.9. The number of aromatic hydroxyl groups is 3. The first kappa shape index (κ1) is 33.3.